The van der Waals surface area contributed by atoms with Crippen LogP contribution in [-0.2, 0) is 4.79 Å². The number of benzene rings is 3. The minimum Gasteiger partial charge on any atom is -0.492 e. The van der Waals surface area contributed by atoms with Crippen LogP contribution in [0.5, 0.6) is 11.5 Å². The van der Waals surface area contributed by atoms with E-state index >= 15 is 0 Å². The molecule has 0 radical (unpaired) electrons. The minimum atomic E-state index is -0.549. The van der Waals surface area contributed by atoms with Crippen LogP contribution in [0.15, 0.2) is 66.7 Å². The number of hydrogen-bond acceptors (Lipinski definition) is 3. The highest BCUT2D eigenvalue weighted by Gasteiger charge is 2.17. The van der Waals surface area contributed by atoms with Crippen LogP contribution in [0, 0.1) is 0 Å². The third-order valence-corrected chi connectivity index (χ3v) is 4.40. The van der Waals surface area contributed by atoms with Crippen LogP contribution in [0.3, 0.4) is 0 Å². The van der Waals surface area contributed by atoms with Gasteiger partial charge in [0, 0.05) is 5.02 Å². The highest BCUT2D eigenvalue weighted by atomic mass is 35.5. The second-order valence-corrected chi connectivity index (χ2v) is 6.55. The van der Waals surface area contributed by atoms with Crippen LogP contribution in [-0.4, -0.2) is 25.2 Å². The van der Waals surface area contributed by atoms with Gasteiger partial charge in [0.15, 0.2) is 6.10 Å². The predicted molar refractivity (Wildman–Crippen MR) is 109 cm³/mol. The molecule has 1 amide bonds. The monoisotopic (exact) mass is 383 g/mol. The normalized spacial score (nSPS) is 11.8. The Morgan fingerprint density at radius 3 is 2.44 bits per heavy atom. The number of nitrogens with one attached hydrogen (secondary N) is 1. The number of hydrogen-bond donors (Lipinski definition) is 1. The quantitative estimate of drug-likeness (QED) is 0.566. The number of amides is 1. The number of ether oxygens (including phenoxy) is 2. The van der Waals surface area contributed by atoms with Crippen molar-refractivity contribution in [3.8, 4) is 11.5 Å². The maximum atomic E-state index is 12.3. The maximum Gasteiger partial charge on any atom is 0.261 e. The summed E-state index contributed by atoms with van der Waals surface area (Å²) in [6, 6.07) is 21.0. The van der Waals surface area contributed by atoms with Crippen molar-refractivity contribution in [3.63, 3.8) is 0 Å². The SMILES string of the molecule is CCC(Oc1ccc(Cl)cc1)C(=O)NCCOc1ccc2ccccc2c1. The van der Waals surface area contributed by atoms with Gasteiger partial charge in [-0.15, -0.1) is 0 Å². The summed E-state index contributed by atoms with van der Waals surface area (Å²) in [4.78, 5) is 12.3. The van der Waals surface area contributed by atoms with Gasteiger partial charge in [-0.2, -0.15) is 0 Å². The van der Waals surface area contributed by atoms with Crippen molar-refractivity contribution in [1.82, 2.24) is 5.32 Å². The fourth-order valence-corrected chi connectivity index (χ4v) is 2.84. The molecule has 3 aromatic carbocycles. The molecule has 0 aromatic heterocycles. The molecule has 3 aromatic rings. The van der Waals surface area contributed by atoms with E-state index in [2.05, 4.69) is 11.4 Å². The number of fused-ring (bicyclic) bond motifs is 1. The van der Waals surface area contributed by atoms with Crippen LogP contribution in [0.4, 0.5) is 0 Å². The third kappa shape index (κ3) is 5.38. The summed E-state index contributed by atoms with van der Waals surface area (Å²) in [6.07, 6.45) is 0.0202. The van der Waals surface area contributed by atoms with Crippen molar-refractivity contribution in [2.24, 2.45) is 0 Å². The topological polar surface area (TPSA) is 47.6 Å². The number of rotatable bonds is 8. The molecule has 0 aliphatic carbocycles. The Labute approximate surface area is 164 Å². The van der Waals surface area contributed by atoms with Crippen molar-refractivity contribution >= 4 is 28.3 Å². The van der Waals surface area contributed by atoms with E-state index < -0.39 is 6.10 Å². The second-order valence-electron chi connectivity index (χ2n) is 6.12. The number of carbonyl (C=O) groups excluding carboxylic acids is 1. The standard InChI is InChI=1S/C22H22ClNO3/c1-2-21(27-19-11-8-18(23)9-12-19)22(25)24-13-14-26-20-10-7-16-5-3-4-6-17(16)15-20/h3-12,15,21H,2,13-14H2,1H3,(H,24,25). The molecule has 5 heteroatoms. The first-order valence-electron chi connectivity index (χ1n) is 8.97. The number of halogens is 1. The van der Waals surface area contributed by atoms with E-state index in [1.165, 1.54) is 5.39 Å². The average molecular weight is 384 g/mol. The molecule has 27 heavy (non-hydrogen) atoms. The lowest BCUT2D eigenvalue weighted by molar-refractivity contribution is -0.128. The minimum absolute atomic E-state index is 0.158. The summed E-state index contributed by atoms with van der Waals surface area (Å²) >= 11 is 5.86. The summed E-state index contributed by atoms with van der Waals surface area (Å²) in [6.45, 7) is 2.71. The molecule has 0 saturated carbocycles. The van der Waals surface area contributed by atoms with Gasteiger partial charge >= 0.3 is 0 Å². The summed E-state index contributed by atoms with van der Waals surface area (Å²) in [5.74, 6) is 1.25. The van der Waals surface area contributed by atoms with Gasteiger partial charge < -0.3 is 14.8 Å². The first kappa shape index (κ1) is 19.1. The molecule has 0 aliphatic rings. The Balaban J connectivity index is 1.46. The van der Waals surface area contributed by atoms with Gasteiger partial charge in [-0.25, -0.2) is 0 Å². The van der Waals surface area contributed by atoms with E-state index in [-0.39, 0.29) is 5.91 Å². The lowest BCUT2D eigenvalue weighted by atomic mass is 10.1. The van der Waals surface area contributed by atoms with Crippen LogP contribution in [0.25, 0.3) is 10.8 Å². The smallest absolute Gasteiger partial charge is 0.261 e. The summed E-state index contributed by atoms with van der Waals surface area (Å²) in [5, 5.41) is 5.78. The molecule has 3 rings (SSSR count). The Morgan fingerprint density at radius 1 is 1.00 bits per heavy atom. The molecule has 0 aliphatic heterocycles. The van der Waals surface area contributed by atoms with Crippen molar-refractivity contribution in [3.05, 3.63) is 71.8 Å². The maximum absolute atomic E-state index is 12.3. The van der Waals surface area contributed by atoms with Crippen LogP contribution < -0.4 is 14.8 Å². The van der Waals surface area contributed by atoms with E-state index in [0.717, 1.165) is 11.1 Å². The zero-order chi connectivity index (χ0) is 19.1. The molecule has 140 valence electrons. The van der Waals surface area contributed by atoms with Gasteiger partial charge in [-0.1, -0.05) is 48.9 Å². The van der Waals surface area contributed by atoms with E-state index in [1.807, 2.05) is 43.3 Å². The zero-order valence-corrected chi connectivity index (χ0v) is 15.9. The Hall–Kier alpha value is -2.72. The van der Waals surface area contributed by atoms with E-state index in [4.69, 9.17) is 21.1 Å². The highest BCUT2D eigenvalue weighted by molar-refractivity contribution is 6.30. The van der Waals surface area contributed by atoms with Gasteiger partial charge in [0.2, 0.25) is 0 Å². The second kappa shape index (κ2) is 9.28. The number of carbonyl (C=O) groups is 1. The summed E-state index contributed by atoms with van der Waals surface area (Å²) < 4.78 is 11.5. The molecule has 0 spiro atoms. The van der Waals surface area contributed by atoms with Crippen molar-refractivity contribution in [2.75, 3.05) is 13.2 Å². The molecule has 1 unspecified atom stereocenters. The summed E-state index contributed by atoms with van der Waals surface area (Å²) in [5.41, 5.74) is 0. The van der Waals surface area contributed by atoms with E-state index in [0.29, 0.717) is 30.3 Å². The molecule has 0 heterocycles. The first-order chi connectivity index (χ1) is 13.2. The fraction of sp³-hybridized carbons (Fsp3) is 0.227. The van der Waals surface area contributed by atoms with Crippen LogP contribution >= 0.6 is 11.6 Å². The van der Waals surface area contributed by atoms with Gasteiger partial charge in [0.1, 0.15) is 18.1 Å². The molecule has 0 fully saturated rings. The zero-order valence-electron chi connectivity index (χ0n) is 15.2. The molecule has 0 bridgehead atoms. The molecular formula is C22H22ClNO3. The van der Waals surface area contributed by atoms with Gasteiger partial charge in [-0.05, 0) is 53.6 Å². The van der Waals surface area contributed by atoms with Crippen LogP contribution in [0.1, 0.15) is 13.3 Å². The predicted octanol–water partition coefficient (Wildman–Crippen LogP) is 4.85. The third-order valence-electron chi connectivity index (χ3n) is 4.15. The first-order valence-corrected chi connectivity index (χ1v) is 9.35. The van der Waals surface area contributed by atoms with Crippen molar-refractivity contribution < 1.29 is 14.3 Å². The van der Waals surface area contributed by atoms with Gasteiger partial charge in [-0.3, -0.25) is 4.79 Å². The summed E-state index contributed by atoms with van der Waals surface area (Å²) in [7, 11) is 0. The molecule has 1 N–H and O–H groups in total. The van der Waals surface area contributed by atoms with E-state index in [9.17, 15) is 4.79 Å². The molecular weight excluding hydrogens is 362 g/mol. The largest absolute Gasteiger partial charge is 0.492 e. The fourth-order valence-electron chi connectivity index (χ4n) is 2.71. The van der Waals surface area contributed by atoms with Crippen molar-refractivity contribution in [1.29, 1.82) is 0 Å². The molecule has 4 nitrogen and oxygen atoms in total. The van der Waals surface area contributed by atoms with Crippen molar-refractivity contribution in [2.45, 2.75) is 19.4 Å². The molecule has 1 atom stereocenters. The average Bonchev–Trinajstić information content (AvgIpc) is 2.70. The molecule has 0 saturated heterocycles. The Bertz CT molecular complexity index is 895. The van der Waals surface area contributed by atoms with Crippen LogP contribution in [0.2, 0.25) is 5.02 Å². The van der Waals surface area contributed by atoms with Gasteiger partial charge in [0.05, 0.1) is 6.54 Å². The Kier molecular flexibility index (Phi) is 6.55. The van der Waals surface area contributed by atoms with E-state index in [1.54, 1.807) is 24.3 Å². The Morgan fingerprint density at radius 2 is 1.70 bits per heavy atom. The van der Waals surface area contributed by atoms with Gasteiger partial charge in [0.25, 0.3) is 5.91 Å². The highest BCUT2D eigenvalue weighted by Crippen LogP contribution is 2.20. The lowest BCUT2D eigenvalue weighted by Gasteiger charge is -2.17. The lowest BCUT2D eigenvalue weighted by Crippen LogP contribution is -2.39.